The van der Waals surface area contributed by atoms with Gasteiger partial charge in [0.05, 0.1) is 17.1 Å². The second kappa shape index (κ2) is 13.0. The van der Waals surface area contributed by atoms with Crippen LogP contribution >= 0.6 is 0 Å². The Balaban J connectivity index is 0.944. The molecular weight excluding hydrogens is 641 g/mol. The van der Waals surface area contributed by atoms with Crippen molar-refractivity contribution >= 4 is 33.2 Å². The van der Waals surface area contributed by atoms with Gasteiger partial charge in [-0.05, 0) is 88.2 Å². The van der Waals surface area contributed by atoms with E-state index in [1.165, 1.54) is 77.8 Å². The Morgan fingerprint density at radius 3 is 1.60 bits per heavy atom. The molecule has 2 heterocycles. The fourth-order valence-electron chi connectivity index (χ4n) is 8.91. The van der Waals surface area contributed by atoms with Crippen LogP contribution in [0.25, 0.3) is 49.7 Å². The molecule has 10 rings (SSSR count). The van der Waals surface area contributed by atoms with Gasteiger partial charge in [0.15, 0.2) is 0 Å². The molecule has 2 aliphatic rings. The van der Waals surface area contributed by atoms with Gasteiger partial charge in [0.25, 0.3) is 0 Å². The highest BCUT2D eigenvalue weighted by molar-refractivity contribution is 6.09. The van der Waals surface area contributed by atoms with E-state index >= 15 is 0 Å². The van der Waals surface area contributed by atoms with Gasteiger partial charge in [-0.1, -0.05) is 164 Å². The van der Waals surface area contributed by atoms with E-state index in [1.54, 1.807) is 0 Å². The molecule has 3 atom stereocenters. The van der Waals surface area contributed by atoms with Crippen LogP contribution in [-0.4, -0.2) is 4.57 Å². The maximum Gasteiger partial charge on any atom is 0.0698 e. The number of anilines is 2. The van der Waals surface area contributed by atoms with Crippen molar-refractivity contribution in [3.63, 3.8) is 0 Å². The van der Waals surface area contributed by atoms with Gasteiger partial charge in [0.1, 0.15) is 0 Å². The number of benzene rings is 7. The van der Waals surface area contributed by atoms with Crippen molar-refractivity contribution in [3.8, 4) is 27.9 Å². The Morgan fingerprint density at radius 2 is 1.00 bits per heavy atom. The third-order valence-corrected chi connectivity index (χ3v) is 11.4. The van der Waals surface area contributed by atoms with E-state index < -0.39 is 0 Å². The maximum absolute atomic E-state index is 2.58. The normalized spacial score (nSPS) is 18.0. The summed E-state index contributed by atoms with van der Waals surface area (Å²) < 4.78 is 2.37. The van der Waals surface area contributed by atoms with Crippen LogP contribution in [-0.2, 0) is 0 Å². The van der Waals surface area contributed by atoms with Crippen LogP contribution in [0, 0.1) is 5.92 Å². The molecule has 0 radical (unpaired) electrons. The average molecular weight is 681 g/mol. The molecule has 2 nitrogen and oxygen atoms in total. The topological polar surface area (TPSA) is 8.17 Å². The number of hydrogen-bond acceptors (Lipinski definition) is 1. The molecule has 0 bridgehead atoms. The summed E-state index contributed by atoms with van der Waals surface area (Å²) in [6, 6.07) is 64.8. The van der Waals surface area contributed by atoms with Gasteiger partial charge in [0.2, 0.25) is 0 Å². The average Bonchev–Trinajstić information content (AvgIpc) is 3.75. The summed E-state index contributed by atoms with van der Waals surface area (Å²) in [5.41, 5.74) is 15.3. The number of nitrogens with zero attached hydrogens (tertiary/aromatic N) is 2. The molecule has 1 aliphatic carbocycles. The molecule has 53 heavy (non-hydrogen) atoms. The van der Waals surface area contributed by atoms with Gasteiger partial charge in [0, 0.05) is 33.8 Å². The smallest absolute Gasteiger partial charge is 0.0698 e. The Labute approximate surface area is 311 Å². The van der Waals surface area contributed by atoms with Gasteiger partial charge in [-0.15, -0.1) is 0 Å². The Hall–Kier alpha value is -6.38. The predicted octanol–water partition coefficient (Wildman–Crippen LogP) is 13.6. The molecule has 7 aromatic carbocycles. The van der Waals surface area contributed by atoms with Crippen LogP contribution in [0.5, 0.6) is 0 Å². The number of para-hydroxylation sites is 3. The number of aromatic nitrogens is 1. The molecule has 1 aliphatic heterocycles. The van der Waals surface area contributed by atoms with Gasteiger partial charge in [-0.25, -0.2) is 0 Å². The van der Waals surface area contributed by atoms with Crippen LogP contribution < -0.4 is 4.90 Å². The highest BCUT2D eigenvalue weighted by Gasteiger charge is 2.42. The van der Waals surface area contributed by atoms with Crippen LogP contribution in [0.2, 0.25) is 0 Å². The number of allylic oxidation sites excluding steroid dienone is 3. The molecule has 0 saturated carbocycles. The largest absolute Gasteiger partial charge is 0.333 e. The minimum absolute atomic E-state index is 0.185. The summed E-state index contributed by atoms with van der Waals surface area (Å²) in [7, 11) is 0. The quantitative estimate of drug-likeness (QED) is 0.170. The zero-order valence-corrected chi connectivity index (χ0v) is 29.8. The summed E-state index contributed by atoms with van der Waals surface area (Å²) in [5, 5.41) is 2.57. The third kappa shape index (κ3) is 5.41. The second-order valence-corrected chi connectivity index (χ2v) is 14.6. The fraction of sp³-hybridized carbons (Fsp3) is 0.0980. The van der Waals surface area contributed by atoms with Crippen LogP contribution in [0.15, 0.2) is 200 Å². The van der Waals surface area contributed by atoms with Crippen molar-refractivity contribution in [2.45, 2.75) is 25.3 Å². The van der Waals surface area contributed by atoms with E-state index in [9.17, 15) is 0 Å². The highest BCUT2D eigenvalue weighted by atomic mass is 15.2. The first-order chi connectivity index (χ1) is 26.2. The minimum Gasteiger partial charge on any atom is -0.333 e. The van der Waals surface area contributed by atoms with Crippen LogP contribution in [0.4, 0.5) is 11.4 Å². The van der Waals surface area contributed by atoms with Gasteiger partial charge in [-0.2, -0.15) is 0 Å². The summed E-state index contributed by atoms with van der Waals surface area (Å²) in [5.74, 6) is 0.841. The molecule has 0 spiro atoms. The highest BCUT2D eigenvalue weighted by Crippen LogP contribution is 2.56. The lowest BCUT2D eigenvalue weighted by Gasteiger charge is -2.33. The fourth-order valence-corrected chi connectivity index (χ4v) is 8.91. The first kappa shape index (κ1) is 31.4. The zero-order chi connectivity index (χ0) is 35.3. The van der Waals surface area contributed by atoms with Crippen LogP contribution in [0.3, 0.4) is 0 Å². The van der Waals surface area contributed by atoms with Crippen molar-refractivity contribution in [1.29, 1.82) is 0 Å². The van der Waals surface area contributed by atoms with E-state index in [4.69, 9.17) is 0 Å². The number of hydrogen-bond donors (Lipinski definition) is 0. The monoisotopic (exact) mass is 680 g/mol. The first-order valence-electron chi connectivity index (χ1n) is 18.8. The molecule has 1 aromatic heterocycles. The Bertz CT molecular complexity index is 2590. The zero-order valence-electron chi connectivity index (χ0n) is 29.8. The molecule has 0 fully saturated rings. The van der Waals surface area contributed by atoms with Crippen molar-refractivity contribution in [2.24, 2.45) is 5.92 Å². The molecule has 3 unspecified atom stereocenters. The Morgan fingerprint density at radius 1 is 0.491 bits per heavy atom. The third-order valence-electron chi connectivity index (χ3n) is 11.4. The van der Waals surface area contributed by atoms with Crippen molar-refractivity contribution in [2.75, 3.05) is 4.90 Å². The molecule has 2 heteroatoms. The molecule has 254 valence electrons. The lowest BCUT2D eigenvalue weighted by atomic mass is 9.79. The van der Waals surface area contributed by atoms with Crippen molar-refractivity contribution in [1.82, 2.24) is 4.57 Å². The Kier molecular flexibility index (Phi) is 7.69. The summed E-state index contributed by atoms with van der Waals surface area (Å²) in [6.07, 6.45) is 8.05. The first-order valence-corrected chi connectivity index (χ1v) is 18.8. The van der Waals surface area contributed by atoms with Crippen LogP contribution in [0.1, 0.15) is 36.4 Å². The standard InChI is InChI=1S/C51H40N2/c1-35-12-11-15-41(34-35)50-46-18-7-10-21-49(46)53(51(50)40-13-3-2-4-14-40)43-32-28-39(29-33-43)37-24-22-36(23-25-37)38-26-30-42(31-27-38)52-47-19-8-5-16-44(47)45-17-6-9-20-48(45)52/h2-33,35,50-51H,34H2,1H3. The maximum atomic E-state index is 2.58. The predicted molar refractivity (Wildman–Crippen MR) is 223 cm³/mol. The molecule has 8 aromatic rings. The summed E-state index contributed by atoms with van der Waals surface area (Å²) >= 11 is 0. The lowest BCUT2D eigenvalue weighted by Crippen LogP contribution is -2.23. The van der Waals surface area contributed by atoms with Gasteiger partial charge >= 0.3 is 0 Å². The van der Waals surface area contributed by atoms with Gasteiger partial charge < -0.3 is 9.47 Å². The SMILES string of the molecule is CC1C=CC=C(C2c3ccccc3N(c3ccc(-c4ccc(-c5ccc(-n6c7ccccc7c7ccccc76)cc5)cc4)cc3)C2c2ccccc2)C1. The van der Waals surface area contributed by atoms with Gasteiger partial charge in [-0.3, -0.25) is 0 Å². The van der Waals surface area contributed by atoms with E-state index in [-0.39, 0.29) is 6.04 Å². The number of rotatable bonds is 6. The van der Waals surface area contributed by atoms with E-state index in [0.29, 0.717) is 11.8 Å². The second-order valence-electron chi connectivity index (χ2n) is 14.6. The van der Waals surface area contributed by atoms with E-state index in [2.05, 4.69) is 211 Å². The molecule has 0 amide bonds. The van der Waals surface area contributed by atoms with Crippen molar-refractivity contribution in [3.05, 3.63) is 211 Å². The van der Waals surface area contributed by atoms with Crippen molar-refractivity contribution < 1.29 is 0 Å². The summed E-state index contributed by atoms with van der Waals surface area (Å²) in [4.78, 5) is 2.58. The summed E-state index contributed by atoms with van der Waals surface area (Å²) in [6.45, 7) is 2.33. The molecule has 0 saturated heterocycles. The van der Waals surface area contributed by atoms with E-state index in [0.717, 1.165) is 6.42 Å². The molecule has 0 N–H and O–H groups in total. The lowest BCUT2D eigenvalue weighted by molar-refractivity contribution is 0.586. The molecular formula is C51H40N2. The minimum atomic E-state index is 0.185. The number of fused-ring (bicyclic) bond motifs is 4. The van der Waals surface area contributed by atoms with E-state index in [1.807, 2.05) is 0 Å².